The van der Waals surface area contributed by atoms with Crippen LogP contribution in [0.2, 0.25) is 0 Å². The zero-order valence-electron chi connectivity index (χ0n) is 18.8. The summed E-state index contributed by atoms with van der Waals surface area (Å²) >= 11 is 1.48. The van der Waals surface area contributed by atoms with Gasteiger partial charge in [-0.15, -0.1) is 0 Å². The van der Waals surface area contributed by atoms with Crippen LogP contribution in [0.25, 0.3) is 10.2 Å². The first-order valence-electron chi connectivity index (χ1n) is 10.9. The van der Waals surface area contributed by atoms with E-state index in [0.717, 1.165) is 41.8 Å². The monoisotopic (exact) mass is 455 g/mol. The van der Waals surface area contributed by atoms with E-state index < -0.39 is 0 Å². The van der Waals surface area contributed by atoms with Crippen LogP contribution in [0.5, 0.6) is 17.2 Å². The summed E-state index contributed by atoms with van der Waals surface area (Å²) in [5.74, 6) is 2.03. The van der Waals surface area contributed by atoms with Crippen molar-refractivity contribution in [3.05, 3.63) is 42.0 Å². The van der Waals surface area contributed by atoms with Crippen molar-refractivity contribution in [1.29, 1.82) is 0 Å². The van der Waals surface area contributed by atoms with Crippen LogP contribution in [0.15, 0.2) is 36.4 Å². The smallest absolute Gasteiger partial charge is 0.260 e. The summed E-state index contributed by atoms with van der Waals surface area (Å²) in [7, 11) is 3.98. The highest BCUT2D eigenvalue weighted by atomic mass is 32.1. The summed E-state index contributed by atoms with van der Waals surface area (Å²) < 4.78 is 17.8. The number of thiazole rings is 1. The molecule has 1 aliphatic rings. The molecule has 0 saturated heterocycles. The number of hydrogen-bond donors (Lipinski definition) is 0. The molecular weight excluding hydrogens is 426 g/mol. The average molecular weight is 456 g/mol. The molecule has 8 heteroatoms. The Morgan fingerprint density at radius 2 is 1.94 bits per heavy atom. The Morgan fingerprint density at radius 3 is 2.72 bits per heavy atom. The minimum absolute atomic E-state index is 0.0926. The highest BCUT2D eigenvalue weighted by molar-refractivity contribution is 7.22. The predicted octanol–water partition coefficient (Wildman–Crippen LogP) is 4.80. The Morgan fingerprint density at radius 1 is 1.12 bits per heavy atom. The fraction of sp³-hybridized carbons (Fsp3) is 0.417. The quantitative estimate of drug-likeness (QED) is 0.409. The standard InChI is InChI=1S/C24H29N3O4S/c1-4-5-6-12-29-18-9-7-8-17(13-18)23(28)27(11-10-26(2)3)24-25-19-14-20-21(31-16-30-20)15-22(19)32-24/h7-9,13-15H,4-6,10-12,16H2,1-3H3. The number of unbranched alkanes of at least 4 members (excludes halogenated alkanes) is 2. The summed E-state index contributed by atoms with van der Waals surface area (Å²) in [6.45, 7) is 4.29. The number of carbonyl (C=O) groups excluding carboxylic acids is 1. The van der Waals surface area contributed by atoms with Gasteiger partial charge in [0.25, 0.3) is 5.91 Å². The van der Waals surface area contributed by atoms with Crippen LogP contribution in [0, 0.1) is 0 Å². The highest BCUT2D eigenvalue weighted by Gasteiger charge is 2.23. The molecule has 0 bridgehead atoms. The van der Waals surface area contributed by atoms with E-state index in [1.165, 1.54) is 11.3 Å². The van der Waals surface area contributed by atoms with Crippen molar-refractivity contribution >= 4 is 32.6 Å². The highest BCUT2D eigenvalue weighted by Crippen LogP contribution is 2.40. The van der Waals surface area contributed by atoms with Crippen LogP contribution < -0.4 is 19.1 Å². The van der Waals surface area contributed by atoms with Crippen LogP contribution in [-0.4, -0.2) is 56.4 Å². The predicted molar refractivity (Wildman–Crippen MR) is 127 cm³/mol. The first-order chi connectivity index (χ1) is 15.5. The van der Waals surface area contributed by atoms with Crippen LogP contribution in [0.3, 0.4) is 0 Å². The molecule has 2 heterocycles. The van der Waals surface area contributed by atoms with E-state index in [1.54, 1.807) is 4.90 Å². The third kappa shape index (κ3) is 5.14. The molecule has 4 rings (SSSR count). The molecular formula is C24H29N3O4S. The van der Waals surface area contributed by atoms with Gasteiger partial charge in [0.1, 0.15) is 5.75 Å². The van der Waals surface area contributed by atoms with Gasteiger partial charge in [0.05, 0.1) is 16.8 Å². The molecule has 0 fully saturated rings. The Bertz CT molecular complexity index is 1040. The van der Waals surface area contributed by atoms with Crippen molar-refractivity contribution in [2.24, 2.45) is 0 Å². The van der Waals surface area contributed by atoms with Gasteiger partial charge in [-0.3, -0.25) is 9.69 Å². The largest absolute Gasteiger partial charge is 0.494 e. The molecule has 170 valence electrons. The number of nitrogens with zero attached hydrogens (tertiary/aromatic N) is 3. The lowest BCUT2D eigenvalue weighted by atomic mass is 10.2. The van der Waals surface area contributed by atoms with Gasteiger partial charge in [0, 0.05) is 30.8 Å². The van der Waals surface area contributed by atoms with Gasteiger partial charge in [0.15, 0.2) is 16.6 Å². The molecule has 0 unspecified atom stereocenters. The third-order valence-electron chi connectivity index (χ3n) is 5.22. The summed E-state index contributed by atoms with van der Waals surface area (Å²) in [6.07, 6.45) is 3.28. The molecule has 1 aromatic heterocycles. The van der Waals surface area contributed by atoms with Gasteiger partial charge in [-0.2, -0.15) is 0 Å². The number of fused-ring (bicyclic) bond motifs is 2. The zero-order valence-corrected chi connectivity index (χ0v) is 19.6. The molecule has 0 N–H and O–H groups in total. The Kier molecular flexibility index (Phi) is 7.12. The van der Waals surface area contributed by atoms with Gasteiger partial charge in [-0.1, -0.05) is 37.2 Å². The van der Waals surface area contributed by atoms with Crippen molar-refractivity contribution in [3.8, 4) is 17.2 Å². The lowest BCUT2D eigenvalue weighted by molar-refractivity contribution is 0.0984. The molecule has 1 aliphatic heterocycles. The summed E-state index contributed by atoms with van der Waals surface area (Å²) in [4.78, 5) is 22.1. The Balaban J connectivity index is 1.59. The van der Waals surface area contributed by atoms with Gasteiger partial charge >= 0.3 is 0 Å². The van der Waals surface area contributed by atoms with Gasteiger partial charge in [-0.05, 0) is 38.7 Å². The van der Waals surface area contributed by atoms with E-state index in [-0.39, 0.29) is 12.7 Å². The Labute approximate surface area is 192 Å². The van der Waals surface area contributed by atoms with Crippen LogP contribution in [0.4, 0.5) is 5.13 Å². The number of rotatable bonds is 10. The third-order valence-corrected chi connectivity index (χ3v) is 6.26. The average Bonchev–Trinajstić information content (AvgIpc) is 3.41. The number of hydrogen-bond acceptors (Lipinski definition) is 7. The summed E-state index contributed by atoms with van der Waals surface area (Å²) in [5, 5.41) is 0.657. The fourth-order valence-electron chi connectivity index (χ4n) is 3.42. The number of ether oxygens (including phenoxy) is 3. The molecule has 0 aliphatic carbocycles. The molecule has 32 heavy (non-hydrogen) atoms. The molecule has 0 spiro atoms. The van der Waals surface area contributed by atoms with Crippen molar-refractivity contribution in [1.82, 2.24) is 9.88 Å². The number of carbonyl (C=O) groups is 1. The fourth-order valence-corrected chi connectivity index (χ4v) is 4.42. The number of anilines is 1. The lowest BCUT2D eigenvalue weighted by Crippen LogP contribution is -2.36. The first kappa shape index (κ1) is 22.4. The van der Waals surface area contributed by atoms with Crippen molar-refractivity contribution in [3.63, 3.8) is 0 Å². The number of amides is 1. The summed E-state index contributed by atoms with van der Waals surface area (Å²) in [5.41, 5.74) is 1.38. The summed E-state index contributed by atoms with van der Waals surface area (Å²) in [6, 6.07) is 11.2. The van der Waals surface area contributed by atoms with Crippen molar-refractivity contribution in [2.75, 3.05) is 45.5 Å². The second-order valence-corrected chi connectivity index (χ2v) is 9.02. The van der Waals surface area contributed by atoms with Gasteiger partial charge in [0.2, 0.25) is 6.79 Å². The maximum Gasteiger partial charge on any atom is 0.260 e. The minimum atomic E-state index is -0.0926. The van der Waals surface area contributed by atoms with Gasteiger partial charge in [-0.25, -0.2) is 4.98 Å². The lowest BCUT2D eigenvalue weighted by Gasteiger charge is -2.22. The van der Waals surface area contributed by atoms with E-state index >= 15 is 0 Å². The maximum absolute atomic E-state index is 13.5. The van der Waals surface area contributed by atoms with Crippen LogP contribution >= 0.6 is 11.3 Å². The second-order valence-electron chi connectivity index (χ2n) is 8.01. The number of aromatic nitrogens is 1. The van der Waals surface area contributed by atoms with Crippen LogP contribution in [0.1, 0.15) is 36.5 Å². The molecule has 1 amide bonds. The number of benzene rings is 2. The minimum Gasteiger partial charge on any atom is -0.494 e. The molecule has 3 aromatic rings. The second kappa shape index (κ2) is 10.2. The van der Waals surface area contributed by atoms with E-state index in [0.29, 0.717) is 35.3 Å². The Hall–Kier alpha value is -2.84. The van der Waals surface area contributed by atoms with E-state index in [4.69, 9.17) is 19.2 Å². The SMILES string of the molecule is CCCCCOc1cccc(C(=O)N(CCN(C)C)c2nc3cc4c(cc3s2)OCO4)c1. The van der Waals surface area contributed by atoms with Gasteiger partial charge < -0.3 is 19.1 Å². The van der Waals surface area contributed by atoms with E-state index in [2.05, 4.69) is 11.8 Å². The molecule has 0 saturated carbocycles. The molecule has 0 atom stereocenters. The maximum atomic E-state index is 13.5. The van der Waals surface area contributed by atoms with Crippen LogP contribution in [-0.2, 0) is 0 Å². The normalized spacial score (nSPS) is 12.5. The van der Waals surface area contributed by atoms with Crippen molar-refractivity contribution < 1.29 is 19.0 Å². The van der Waals surface area contributed by atoms with E-state index in [9.17, 15) is 4.79 Å². The molecule has 2 aromatic carbocycles. The number of likely N-dealkylation sites (N-methyl/N-ethyl adjacent to an activating group) is 1. The first-order valence-corrected chi connectivity index (χ1v) is 11.8. The van der Waals surface area contributed by atoms with E-state index in [1.807, 2.05) is 50.5 Å². The zero-order chi connectivity index (χ0) is 22.5. The molecule has 7 nitrogen and oxygen atoms in total. The topological polar surface area (TPSA) is 64.1 Å². The molecule has 0 radical (unpaired) electrons. The van der Waals surface area contributed by atoms with Crippen molar-refractivity contribution in [2.45, 2.75) is 26.2 Å².